The van der Waals surface area contributed by atoms with E-state index >= 15 is 0 Å². The number of nitrogens with one attached hydrogen (secondary N) is 1. The third-order valence-electron chi connectivity index (χ3n) is 4.22. The predicted octanol–water partition coefficient (Wildman–Crippen LogP) is 2.01. The minimum atomic E-state index is -0.271. The Balaban J connectivity index is 2.04. The molecule has 1 aromatic rings. The zero-order chi connectivity index (χ0) is 18.1. The van der Waals surface area contributed by atoms with Crippen molar-refractivity contribution in [3.05, 3.63) is 42.5 Å². The van der Waals surface area contributed by atoms with Crippen LogP contribution < -0.4 is 5.32 Å². The monoisotopic (exact) mass is 346 g/mol. The summed E-state index contributed by atoms with van der Waals surface area (Å²) in [6.07, 6.45) is 3.21. The van der Waals surface area contributed by atoms with Gasteiger partial charge in [0.25, 0.3) is 0 Å². The molecule has 1 aromatic carbocycles. The summed E-state index contributed by atoms with van der Waals surface area (Å²) in [6, 6.07) is 7.52. The molecule has 0 aromatic heterocycles. The van der Waals surface area contributed by atoms with E-state index in [2.05, 4.69) is 11.9 Å². The molecular formula is C19H26N2O4. The molecule has 6 heteroatoms. The van der Waals surface area contributed by atoms with Crippen LogP contribution in [0.3, 0.4) is 0 Å². The summed E-state index contributed by atoms with van der Waals surface area (Å²) in [5, 5.41) is 2.71. The second-order valence-electron chi connectivity index (χ2n) is 5.99. The Bertz CT molecular complexity index is 597. The Labute approximate surface area is 148 Å². The standard InChI is InChI=1S/C19H26N2O4/c1-3-18(22)20-16-6-4-5-15(13-16)14-19(23)21(9-12-24-2)17-7-10-25-11-8-17/h3-6,13,17H,1,7-12,14H2,2H3,(H,20,22). The third kappa shape index (κ3) is 5.99. The Hall–Kier alpha value is -2.18. The van der Waals surface area contributed by atoms with Crippen molar-refractivity contribution < 1.29 is 19.1 Å². The van der Waals surface area contributed by atoms with Crippen LogP contribution in [0, 0.1) is 0 Å². The van der Waals surface area contributed by atoms with Gasteiger partial charge in [-0.2, -0.15) is 0 Å². The number of hydrogen-bond donors (Lipinski definition) is 1. The van der Waals surface area contributed by atoms with Crippen molar-refractivity contribution in [2.75, 3.05) is 38.8 Å². The average Bonchev–Trinajstić information content (AvgIpc) is 2.63. The van der Waals surface area contributed by atoms with Crippen LogP contribution in [0.15, 0.2) is 36.9 Å². The largest absolute Gasteiger partial charge is 0.383 e. The van der Waals surface area contributed by atoms with Gasteiger partial charge in [-0.3, -0.25) is 9.59 Å². The number of ether oxygens (including phenoxy) is 2. The topological polar surface area (TPSA) is 67.9 Å². The summed E-state index contributed by atoms with van der Waals surface area (Å²) < 4.78 is 10.6. The number of hydrogen-bond acceptors (Lipinski definition) is 4. The lowest BCUT2D eigenvalue weighted by atomic mass is 10.0. The third-order valence-corrected chi connectivity index (χ3v) is 4.22. The summed E-state index contributed by atoms with van der Waals surface area (Å²) in [7, 11) is 1.64. The Morgan fingerprint density at radius 1 is 1.40 bits per heavy atom. The molecule has 1 aliphatic rings. The van der Waals surface area contributed by atoms with Crippen LogP contribution in [0.2, 0.25) is 0 Å². The first-order valence-electron chi connectivity index (χ1n) is 8.52. The lowest BCUT2D eigenvalue weighted by molar-refractivity contribution is -0.135. The van der Waals surface area contributed by atoms with Crippen LogP contribution in [0.1, 0.15) is 18.4 Å². The molecule has 0 spiro atoms. The number of amides is 2. The van der Waals surface area contributed by atoms with Gasteiger partial charge in [-0.1, -0.05) is 18.7 Å². The Morgan fingerprint density at radius 3 is 2.84 bits per heavy atom. The molecule has 1 N–H and O–H groups in total. The van der Waals surface area contributed by atoms with Crippen LogP contribution in [-0.2, 0) is 25.5 Å². The van der Waals surface area contributed by atoms with Gasteiger partial charge in [0.2, 0.25) is 11.8 Å². The zero-order valence-corrected chi connectivity index (χ0v) is 14.7. The Kier molecular flexibility index (Phi) is 7.63. The van der Waals surface area contributed by atoms with Crippen molar-refractivity contribution in [2.45, 2.75) is 25.3 Å². The molecule has 0 radical (unpaired) electrons. The van der Waals surface area contributed by atoms with E-state index in [0.717, 1.165) is 18.4 Å². The minimum absolute atomic E-state index is 0.0659. The molecule has 25 heavy (non-hydrogen) atoms. The summed E-state index contributed by atoms with van der Waals surface area (Å²) >= 11 is 0. The molecule has 1 aliphatic heterocycles. The summed E-state index contributed by atoms with van der Waals surface area (Å²) in [6.45, 7) is 5.89. The number of nitrogens with zero attached hydrogens (tertiary/aromatic N) is 1. The fourth-order valence-corrected chi connectivity index (χ4v) is 2.93. The van der Waals surface area contributed by atoms with E-state index in [0.29, 0.717) is 38.5 Å². The number of carbonyl (C=O) groups is 2. The quantitative estimate of drug-likeness (QED) is 0.731. The van der Waals surface area contributed by atoms with E-state index in [-0.39, 0.29) is 17.9 Å². The molecule has 0 bridgehead atoms. The second kappa shape index (κ2) is 9.96. The molecule has 2 amide bonds. The van der Waals surface area contributed by atoms with Gasteiger partial charge in [0, 0.05) is 38.6 Å². The van der Waals surface area contributed by atoms with Crippen molar-refractivity contribution in [3.8, 4) is 0 Å². The maximum atomic E-state index is 12.8. The summed E-state index contributed by atoms with van der Waals surface area (Å²) in [4.78, 5) is 26.2. The SMILES string of the molecule is C=CC(=O)Nc1cccc(CC(=O)N(CCOC)C2CCOCC2)c1. The Morgan fingerprint density at radius 2 is 2.16 bits per heavy atom. The van der Waals surface area contributed by atoms with E-state index < -0.39 is 0 Å². The molecule has 136 valence electrons. The molecule has 6 nitrogen and oxygen atoms in total. The summed E-state index contributed by atoms with van der Waals surface area (Å²) in [5.41, 5.74) is 1.52. The van der Waals surface area contributed by atoms with Crippen LogP contribution in [0.25, 0.3) is 0 Å². The van der Waals surface area contributed by atoms with E-state index in [1.807, 2.05) is 23.1 Å². The van der Waals surface area contributed by atoms with Crippen molar-refractivity contribution in [1.82, 2.24) is 4.90 Å². The minimum Gasteiger partial charge on any atom is -0.383 e. The molecule has 2 rings (SSSR count). The fourth-order valence-electron chi connectivity index (χ4n) is 2.93. The highest BCUT2D eigenvalue weighted by Crippen LogP contribution is 2.17. The van der Waals surface area contributed by atoms with Gasteiger partial charge in [0.15, 0.2) is 0 Å². The maximum Gasteiger partial charge on any atom is 0.247 e. The fraction of sp³-hybridized carbons (Fsp3) is 0.474. The summed E-state index contributed by atoms with van der Waals surface area (Å²) in [5.74, 6) is -0.205. The van der Waals surface area contributed by atoms with E-state index in [1.54, 1.807) is 13.2 Å². The number of anilines is 1. The van der Waals surface area contributed by atoms with Gasteiger partial charge in [-0.15, -0.1) is 0 Å². The number of methoxy groups -OCH3 is 1. The number of rotatable bonds is 8. The molecule has 0 aliphatic carbocycles. The van der Waals surface area contributed by atoms with E-state index in [1.165, 1.54) is 6.08 Å². The molecule has 1 saturated heterocycles. The number of benzene rings is 1. The van der Waals surface area contributed by atoms with Crippen LogP contribution >= 0.6 is 0 Å². The van der Waals surface area contributed by atoms with Crippen molar-refractivity contribution in [2.24, 2.45) is 0 Å². The lowest BCUT2D eigenvalue weighted by Gasteiger charge is -2.34. The maximum absolute atomic E-state index is 12.8. The first-order valence-corrected chi connectivity index (χ1v) is 8.52. The van der Waals surface area contributed by atoms with E-state index in [4.69, 9.17) is 9.47 Å². The van der Waals surface area contributed by atoms with Gasteiger partial charge in [0.1, 0.15) is 0 Å². The van der Waals surface area contributed by atoms with Crippen molar-refractivity contribution >= 4 is 17.5 Å². The van der Waals surface area contributed by atoms with Crippen molar-refractivity contribution in [1.29, 1.82) is 0 Å². The highest BCUT2D eigenvalue weighted by molar-refractivity contribution is 5.98. The molecule has 0 unspecified atom stereocenters. The smallest absolute Gasteiger partial charge is 0.247 e. The van der Waals surface area contributed by atoms with Crippen LogP contribution in [0.5, 0.6) is 0 Å². The van der Waals surface area contributed by atoms with Gasteiger partial charge in [-0.25, -0.2) is 0 Å². The molecule has 1 fully saturated rings. The van der Waals surface area contributed by atoms with Gasteiger partial charge in [0.05, 0.1) is 13.0 Å². The van der Waals surface area contributed by atoms with Gasteiger partial charge < -0.3 is 19.7 Å². The molecular weight excluding hydrogens is 320 g/mol. The second-order valence-corrected chi connectivity index (χ2v) is 5.99. The normalized spacial score (nSPS) is 14.8. The van der Waals surface area contributed by atoms with Crippen molar-refractivity contribution in [3.63, 3.8) is 0 Å². The van der Waals surface area contributed by atoms with Crippen LogP contribution in [0.4, 0.5) is 5.69 Å². The average molecular weight is 346 g/mol. The molecule has 1 heterocycles. The van der Waals surface area contributed by atoms with Gasteiger partial charge in [-0.05, 0) is 36.6 Å². The molecule has 0 atom stereocenters. The lowest BCUT2D eigenvalue weighted by Crippen LogP contribution is -2.45. The van der Waals surface area contributed by atoms with E-state index in [9.17, 15) is 9.59 Å². The predicted molar refractivity (Wildman–Crippen MR) is 96.4 cm³/mol. The molecule has 0 saturated carbocycles. The zero-order valence-electron chi connectivity index (χ0n) is 14.7. The highest BCUT2D eigenvalue weighted by atomic mass is 16.5. The highest BCUT2D eigenvalue weighted by Gasteiger charge is 2.25. The first kappa shape index (κ1) is 19.1. The van der Waals surface area contributed by atoms with Gasteiger partial charge >= 0.3 is 0 Å². The van der Waals surface area contributed by atoms with Crippen LogP contribution in [-0.4, -0.2) is 56.2 Å². The first-order chi connectivity index (χ1) is 12.1. The number of carbonyl (C=O) groups excluding carboxylic acids is 2.